The van der Waals surface area contributed by atoms with Crippen LogP contribution in [0.5, 0.6) is 0 Å². The molecule has 0 unspecified atom stereocenters. The number of aromatic nitrogens is 1. The van der Waals surface area contributed by atoms with Crippen molar-refractivity contribution < 1.29 is 5.11 Å². The van der Waals surface area contributed by atoms with Crippen molar-refractivity contribution in [3.05, 3.63) is 36.4 Å². The molecule has 3 nitrogen and oxygen atoms in total. The lowest BCUT2D eigenvalue weighted by atomic mass is 9.83. The standard InChI is InChI=1S/C16H22N2O/c1-3-16(4-2,12-19)11-17-15-10-9-13-7-5-6-8-14(13)18-15/h5-10,19H,3-4,11-12H2,1-2H3,(H,17,18). The second-order valence-corrected chi connectivity index (χ2v) is 5.11. The van der Waals surface area contributed by atoms with Crippen LogP contribution in [-0.4, -0.2) is 23.2 Å². The molecule has 1 aromatic heterocycles. The van der Waals surface area contributed by atoms with E-state index in [4.69, 9.17) is 0 Å². The van der Waals surface area contributed by atoms with E-state index in [1.165, 1.54) is 0 Å². The molecule has 2 rings (SSSR count). The molecule has 3 heteroatoms. The number of benzene rings is 1. The molecular weight excluding hydrogens is 236 g/mol. The summed E-state index contributed by atoms with van der Waals surface area (Å²) in [6.45, 7) is 5.20. The Morgan fingerprint density at radius 3 is 2.53 bits per heavy atom. The number of fused-ring (bicyclic) bond motifs is 1. The first-order valence-corrected chi connectivity index (χ1v) is 6.93. The third-order valence-electron chi connectivity index (χ3n) is 4.08. The Morgan fingerprint density at radius 1 is 1.11 bits per heavy atom. The minimum atomic E-state index is -0.0483. The highest BCUT2D eigenvalue weighted by Gasteiger charge is 2.24. The predicted octanol–water partition coefficient (Wildman–Crippen LogP) is 3.45. The Balaban J connectivity index is 2.13. The van der Waals surface area contributed by atoms with E-state index >= 15 is 0 Å². The van der Waals surface area contributed by atoms with Crippen LogP contribution < -0.4 is 5.32 Å². The fourth-order valence-corrected chi connectivity index (χ4v) is 2.22. The monoisotopic (exact) mass is 258 g/mol. The van der Waals surface area contributed by atoms with E-state index in [2.05, 4.69) is 36.3 Å². The summed E-state index contributed by atoms with van der Waals surface area (Å²) < 4.78 is 0. The van der Waals surface area contributed by atoms with Crippen LogP contribution in [0.3, 0.4) is 0 Å². The molecule has 102 valence electrons. The molecule has 2 N–H and O–H groups in total. The average Bonchev–Trinajstić information content (AvgIpc) is 2.49. The van der Waals surface area contributed by atoms with Gasteiger partial charge in [-0.15, -0.1) is 0 Å². The molecule has 1 aromatic carbocycles. The normalized spacial score (nSPS) is 11.7. The van der Waals surface area contributed by atoms with Gasteiger partial charge in [-0.25, -0.2) is 4.98 Å². The Bertz CT molecular complexity index is 527. The summed E-state index contributed by atoms with van der Waals surface area (Å²) >= 11 is 0. The lowest BCUT2D eigenvalue weighted by Crippen LogP contribution is -2.32. The van der Waals surface area contributed by atoms with Gasteiger partial charge in [-0.05, 0) is 31.0 Å². The third-order valence-corrected chi connectivity index (χ3v) is 4.08. The maximum atomic E-state index is 9.57. The number of hydrogen-bond donors (Lipinski definition) is 2. The molecule has 0 amide bonds. The number of pyridine rings is 1. The first-order valence-electron chi connectivity index (χ1n) is 6.93. The van der Waals surface area contributed by atoms with E-state index in [-0.39, 0.29) is 12.0 Å². The SMILES string of the molecule is CCC(CC)(CO)CNc1ccc2ccccc2n1. The molecule has 0 aliphatic heterocycles. The first kappa shape index (κ1) is 13.8. The Kier molecular flexibility index (Phi) is 4.38. The van der Waals surface area contributed by atoms with Crippen molar-refractivity contribution >= 4 is 16.7 Å². The van der Waals surface area contributed by atoms with Crippen LogP contribution in [0.4, 0.5) is 5.82 Å². The van der Waals surface area contributed by atoms with Gasteiger partial charge >= 0.3 is 0 Å². The predicted molar refractivity (Wildman–Crippen MR) is 80.3 cm³/mol. The zero-order valence-corrected chi connectivity index (χ0v) is 11.7. The molecule has 0 aliphatic rings. The number of anilines is 1. The number of hydrogen-bond acceptors (Lipinski definition) is 3. The molecule has 2 aromatic rings. The smallest absolute Gasteiger partial charge is 0.126 e. The van der Waals surface area contributed by atoms with Crippen molar-refractivity contribution in [3.8, 4) is 0 Å². The third kappa shape index (κ3) is 3.04. The van der Waals surface area contributed by atoms with E-state index < -0.39 is 0 Å². The van der Waals surface area contributed by atoms with Crippen molar-refractivity contribution in [2.75, 3.05) is 18.5 Å². The van der Waals surface area contributed by atoms with E-state index in [0.29, 0.717) is 0 Å². The van der Waals surface area contributed by atoms with Gasteiger partial charge in [0.15, 0.2) is 0 Å². The van der Waals surface area contributed by atoms with Gasteiger partial charge in [0.1, 0.15) is 5.82 Å². The van der Waals surface area contributed by atoms with Gasteiger partial charge in [0, 0.05) is 17.3 Å². The summed E-state index contributed by atoms with van der Waals surface area (Å²) in [5.74, 6) is 0.874. The van der Waals surface area contributed by atoms with E-state index in [1.807, 2.05) is 24.3 Å². The van der Waals surface area contributed by atoms with Crippen LogP contribution >= 0.6 is 0 Å². The second kappa shape index (κ2) is 6.02. The maximum absolute atomic E-state index is 9.57. The highest BCUT2D eigenvalue weighted by atomic mass is 16.3. The first-order chi connectivity index (χ1) is 9.23. The number of para-hydroxylation sites is 1. The molecule has 19 heavy (non-hydrogen) atoms. The van der Waals surface area contributed by atoms with Gasteiger partial charge < -0.3 is 10.4 Å². The van der Waals surface area contributed by atoms with Crippen LogP contribution in [0.15, 0.2) is 36.4 Å². The van der Waals surface area contributed by atoms with Crippen molar-refractivity contribution in [2.45, 2.75) is 26.7 Å². The Labute approximate surface area is 114 Å². The highest BCUT2D eigenvalue weighted by Crippen LogP contribution is 2.26. The van der Waals surface area contributed by atoms with Crippen molar-refractivity contribution in [2.24, 2.45) is 5.41 Å². The number of aliphatic hydroxyl groups is 1. The Hall–Kier alpha value is -1.61. The zero-order chi connectivity index (χ0) is 13.7. The molecule has 0 atom stereocenters. The maximum Gasteiger partial charge on any atom is 0.126 e. The molecule has 0 saturated heterocycles. The van der Waals surface area contributed by atoms with Gasteiger partial charge in [-0.1, -0.05) is 32.0 Å². The Morgan fingerprint density at radius 2 is 1.84 bits per heavy atom. The van der Waals surface area contributed by atoms with Crippen LogP contribution in [0.25, 0.3) is 10.9 Å². The van der Waals surface area contributed by atoms with Crippen LogP contribution in [0.1, 0.15) is 26.7 Å². The average molecular weight is 258 g/mol. The van der Waals surface area contributed by atoms with Gasteiger partial charge in [0.05, 0.1) is 12.1 Å². The van der Waals surface area contributed by atoms with Crippen molar-refractivity contribution in [1.29, 1.82) is 0 Å². The minimum absolute atomic E-state index is 0.0483. The lowest BCUT2D eigenvalue weighted by molar-refractivity contribution is 0.127. The zero-order valence-electron chi connectivity index (χ0n) is 11.7. The lowest BCUT2D eigenvalue weighted by Gasteiger charge is -2.29. The van der Waals surface area contributed by atoms with E-state index in [1.54, 1.807) is 0 Å². The number of nitrogens with one attached hydrogen (secondary N) is 1. The van der Waals surface area contributed by atoms with Gasteiger partial charge in [-0.3, -0.25) is 0 Å². The molecule has 0 bridgehead atoms. The van der Waals surface area contributed by atoms with Gasteiger partial charge in [-0.2, -0.15) is 0 Å². The second-order valence-electron chi connectivity index (χ2n) is 5.11. The number of aliphatic hydroxyl groups excluding tert-OH is 1. The van der Waals surface area contributed by atoms with E-state index in [0.717, 1.165) is 36.1 Å². The summed E-state index contributed by atoms with van der Waals surface area (Å²) in [5, 5.41) is 14.1. The van der Waals surface area contributed by atoms with Gasteiger partial charge in [0.2, 0.25) is 0 Å². The van der Waals surface area contributed by atoms with Crippen LogP contribution in [0, 0.1) is 5.41 Å². The molecule has 0 spiro atoms. The summed E-state index contributed by atoms with van der Waals surface area (Å²) in [4.78, 5) is 4.59. The molecule has 0 saturated carbocycles. The number of nitrogens with zero attached hydrogens (tertiary/aromatic N) is 1. The quantitative estimate of drug-likeness (QED) is 0.834. The molecule has 0 aliphatic carbocycles. The minimum Gasteiger partial charge on any atom is -0.396 e. The summed E-state index contributed by atoms with van der Waals surface area (Å²) in [6, 6.07) is 12.2. The molecule has 0 radical (unpaired) electrons. The fourth-order valence-electron chi connectivity index (χ4n) is 2.22. The van der Waals surface area contributed by atoms with Crippen LogP contribution in [-0.2, 0) is 0 Å². The summed E-state index contributed by atoms with van der Waals surface area (Å²) in [7, 11) is 0. The van der Waals surface area contributed by atoms with Crippen molar-refractivity contribution in [3.63, 3.8) is 0 Å². The topological polar surface area (TPSA) is 45.1 Å². The molecule has 1 heterocycles. The fraction of sp³-hybridized carbons (Fsp3) is 0.438. The van der Waals surface area contributed by atoms with E-state index in [9.17, 15) is 5.11 Å². The highest BCUT2D eigenvalue weighted by molar-refractivity contribution is 5.80. The van der Waals surface area contributed by atoms with Crippen molar-refractivity contribution in [1.82, 2.24) is 4.98 Å². The largest absolute Gasteiger partial charge is 0.396 e. The number of rotatable bonds is 6. The summed E-state index contributed by atoms with van der Waals surface area (Å²) in [5.41, 5.74) is 0.947. The summed E-state index contributed by atoms with van der Waals surface area (Å²) in [6.07, 6.45) is 1.92. The van der Waals surface area contributed by atoms with Gasteiger partial charge in [0.25, 0.3) is 0 Å². The van der Waals surface area contributed by atoms with Crippen LogP contribution in [0.2, 0.25) is 0 Å². The molecular formula is C16H22N2O. The molecule has 0 fully saturated rings.